The molecule has 1 aliphatic heterocycles. The largest absolute Gasteiger partial charge is 0.481 e. The van der Waals surface area contributed by atoms with E-state index in [-0.39, 0.29) is 23.8 Å². The molecular formula is C13H21NO5. The Bertz CT molecular complexity index is 327. The molecule has 108 valence electrons. The van der Waals surface area contributed by atoms with Crippen LogP contribution in [0.3, 0.4) is 0 Å². The van der Waals surface area contributed by atoms with Crippen molar-refractivity contribution in [2.45, 2.75) is 31.8 Å². The molecule has 1 saturated carbocycles. The predicted octanol–water partition coefficient (Wildman–Crippen LogP) is 0.409. The SMILES string of the molecule is O=C(O)C1CCCC(C(=O)NCC2COCCO2)C1. The topological polar surface area (TPSA) is 84.9 Å². The number of carbonyl (C=O) groups excluding carboxylic acids is 1. The Morgan fingerprint density at radius 1 is 1.21 bits per heavy atom. The van der Waals surface area contributed by atoms with Crippen LogP contribution >= 0.6 is 0 Å². The quantitative estimate of drug-likeness (QED) is 0.773. The highest BCUT2D eigenvalue weighted by atomic mass is 16.6. The molecule has 0 bridgehead atoms. The minimum atomic E-state index is -0.790. The molecule has 1 amide bonds. The Kier molecular flexibility index (Phi) is 5.15. The highest BCUT2D eigenvalue weighted by Gasteiger charge is 2.31. The van der Waals surface area contributed by atoms with Gasteiger partial charge in [0.25, 0.3) is 0 Å². The van der Waals surface area contributed by atoms with Crippen LogP contribution < -0.4 is 5.32 Å². The molecule has 19 heavy (non-hydrogen) atoms. The molecule has 0 spiro atoms. The Morgan fingerprint density at radius 3 is 2.68 bits per heavy atom. The zero-order chi connectivity index (χ0) is 13.7. The molecule has 0 aromatic heterocycles. The van der Waals surface area contributed by atoms with Crippen molar-refractivity contribution >= 4 is 11.9 Å². The zero-order valence-corrected chi connectivity index (χ0v) is 11.0. The van der Waals surface area contributed by atoms with Crippen molar-refractivity contribution in [2.75, 3.05) is 26.4 Å². The van der Waals surface area contributed by atoms with Gasteiger partial charge in [-0.05, 0) is 19.3 Å². The van der Waals surface area contributed by atoms with Gasteiger partial charge in [0.15, 0.2) is 0 Å². The van der Waals surface area contributed by atoms with Crippen LogP contribution in [-0.2, 0) is 19.1 Å². The number of carboxylic acids is 1. The number of hydrogen-bond donors (Lipinski definition) is 2. The first-order valence-electron chi connectivity index (χ1n) is 6.86. The summed E-state index contributed by atoms with van der Waals surface area (Å²) in [6.45, 7) is 2.11. The molecule has 1 saturated heterocycles. The first kappa shape index (κ1) is 14.3. The third-order valence-corrected chi connectivity index (χ3v) is 3.78. The Morgan fingerprint density at radius 2 is 2.00 bits per heavy atom. The van der Waals surface area contributed by atoms with Crippen LogP contribution in [0.5, 0.6) is 0 Å². The molecule has 2 fully saturated rings. The molecule has 0 aromatic rings. The highest BCUT2D eigenvalue weighted by molar-refractivity contribution is 5.80. The molecule has 3 unspecified atom stereocenters. The van der Waals surface area contributed by atoms with Crippen molar-refractivity contribution in [2.24, 2.45) is 11.8 Å². The van der Waals surface area contributed by atoms with E-state index in [1.165, 1.54) is 0 Å². The molecule has 2 aliphatic rings. The van der Waals surface area contributed by atoms with Crippen molar-refractivity contribution in [3.8, 4) is 0 Å². The van der Waals surface area contributed by atoms with Crippen LogP contribution in [0.15, 0.2) is 0 Å². The fraction of sp³-hybridized carbons (Fsp3) is 0.846. The van der Waals surface area contributed by atoms with Gasteiger partial charge in [-0.2, -0.15) is 0 Å². The minimum Gasteiger partial charge on any atom is -0.481 e. The first-order valence-corrected chi connectivity index (χ1v) is 6.86. The summed E-state index contributed by atoms with van der Waals surface area (Å²) in [5.74, 6) is -1.40. The third-order valence-electron chi connectivity index (χ3n) is 3.78. The molecule has 6 nitrogen and oxygen atoms in total. The van der Waals surface area contributed by atoms with Crippen molar-refractivity contribution in [1.82, 2.24) is 5.32 Å². The number of amides is 1. The van der Waals surface area contributed by atoms with E-state index in [1.807, 2.05) is 0 Å². The van der Waals surface area contributed by atoms with Gasteiger partial charge in [-0.25, -0.2) is 0 Å². The number of hydrogen-bond acceptors (Lipinski definition) is 4. The zero-order valence-electron chi connectivity index (χ0n) is 11.0. The van der Waals surface area contributed by atoms with Gasteiger partial charge in [-0.15, -0.1) is 0 Å². The maximum absolute atomic E-state index is 12.0. The summed E-state index contributed by atoms with van der Waals surface area (Å²) < 4.78 is 10.7. The summed E-state index contributed by atoms with van der Waals surface area (Å²) in [6, 6.07) is 0. The van der Waals surface area contributed by atoms with Crippen molar-refractivity contribution in [1.29, 1.82) is 0 Å². The second-order valence-electron chi connectivity index (χ2n) is 5.21. The van der Waals surface area contributed by atoms with Gasteiger partial charge in [0.05, 0.1) is 31.8 Å². The molecule has 2 rings (SSSR count). The van der Waals surface area contributed by atoms with Crippen LogP contribution in [-0.4, -0.2) is 49.5 Å². The smallest absolute Gasteiger partial charge is 0.306 e. The minimum absolute atomic E-state index is 0.0554. The van der Waals surface area contributed by atoms with Gasteiger partial charge in [0.2, 0.25) is 5.91 Å². The number of rotatable bonds is 4. The van der Waals surface area contributed by atoms with E-state index in [9.17, 15) is 9.59 Å². The lowest BCUT2D eigenvalue weighted by Crippen LogP contribution is -2.43. The average molecular weight is 271 g/mol. The van der Waals surface area contributed by atoms with Gasteiger partial charge < -0.3 is 19.9 Å². The fourth-order valence-electron chi connectivity index (χ4n) is 2.67. The summed E-state index contributed by atoms with van der Waals surface area (Å²) in [6.07, 6.45) is 2.62. The van der Waals surface area contributed by atoms with E-state index in [2.05, 4.69) is 5.32 Å². The molecule has 6 heteroatoms. The summed E-state index contributed by atoms with van der Waals surface area (Å²) in [5, 5.41) is 11.8. The number of ether oxygens (including phenoxy) is 2. The van der Waals surface area contributed by atoms with E-state index < -0.39 is 5.97 Å². The second-order valence-corrected chi connectivity index (χ2v) is 5.21. The Labute approximate surface area is 112 Å². The van der Waals surface area contributed by atoms with E-state index >= 15 is 0 Å². The third kappa shape index (κ3) is 4.18. The standard InChI is InChI=1S/C13H21NO5/c15-12(14-7-11-8-18-4-5-19-11)9-2-1-3-10(6-9)13(16)17/h9-11H,1-8H2,(H,14,15)(H,16,17). The second kappa shape index (κ2) is 6.86. The molecule has 1 heterocycles. The van der Waals surface area contributed by atoms with Crippen molar-refractivity contribution in [3.63, 3.8) is 0 Å². The number of nitrogens with one attached hydrogen (secondary N) is 1. The van der Waals surface area contributed by atoms with Gasteiger partial charge in [-0.1, -0.05) is 6.42 Å². The molecule has 0 radical (unpaired) electrons. The maximum atomic E-state index is 12.0. The predicted molar refractivity (Wildman–Crippen MR) is 66.7 cm³/mol. The molecule has 3 atom stereocenters. The lowest BCUT2D eigenvalue weighted by molar-refractivity contribution is -0.144. The van der Waals surface area contributed by atoms with E-state index in [0.29, 0.717) is 39.2 Å². The molecule has 1 aliphatic carbocycles. The summed E-state index contributed by atoms with van der Waals surface area (Å²) >= 11 is 0. The fourth-order valence-corrected chi connectivity index (χ4v) is 2.67. The molecular weight excluding hydrogens is 250 g/mol. The summed E-state index contributed by atoms with van der Waals surface area (Å²) in [4.78, 5) is 23.0. The molecule has 2 N–H and O–H groups in total. The lowest BCUT2D eigenvalue weighted by Gasteiger charge is -2.27. The Hall–Kier alpha value is -1.14. The van der Waals surface area contributed by atoms with Crippen molar-refractivity contribution in [3.05, 3.63) is 0 Å². The van der Waals surface area contributed by atoms with Crippen molar-refractivity contribution < 1.29 is 24.2 Å². The van der Waals surface area contributed by atoms with Crippen LogP contribution in [0.2, 0.25) is 0 Å². The van der Waals surface area contributed by atoms with E-state index in [4.69, 9.17) is 14.6 Å². The summed E-state index contributed by atoms with van der Waals surface area (Å²) in [5.41, 5.74) is 0. The number of carbonyl (C=O) groups is 2. The van der Waals surface area contributed by atoms with E-state index in [0.717, 1.165) is 12.8 Å². The van der Waals surface area contributed by atoms with Crippen LogP contribution in [0.25, 0.3) is 0 Å². The van der Waals surface area contributed by atoms with Gasteiger partial charge in [0, 0.05) is 12.5 Å². The Balaban J connectivity index is 1.74. The van der Waals surface area contributed by atoms with Gasteiger partial charge in [-0.3, -0.25) is 9.59 Å². The normalized spacial score (nSPS) is 31.7. The number of aliphatic carboxylic acids is 1. The number of carboxylic acid groups (broad SMARTS) is 1. The van der Waals surface area contributed by atoms with Crippen LogP contribution in [0, 0.1) is 11.8 Å². The maximum Gasteiger partial charge on any atom is 0.306 e. The van der Waals surface area contributed by atoms with E-state index in [1.54, 1.807) is 0 Å². The van der Waals surface area contributed by atoms with Crippen LogP contribution in [0.4, 0.5) is 0 Å². The van der Waals surface area contributed by atoms with Gasteiger partial charge >= 0.3 is 5.97 Å². The highest BCUT2D eigenvalue weighted by Crippen LogP contribution is 2.29. The van der Waals surface area contributed by atoms with Crippen LogP contribution in [0.1, 0.15) is 25.7 Å². The molecule has 0 aromatic carbocycles. The first-order chi connectivity index (χ1) is 9.16. The summed E-state index contributed by atoms with van der Waals surface area (Å²) in [7, 11) is 0. The average Bonchev–Trinajstić information content (AvgIpc) is 2.46. The lowest BCUT2D eigenvalue weighted by atomic mass is 9.81. The van der Waals surface area contributed by atoms with Gasteiger partial charge in [0.1, 0.15) is 0 Å². The monoisotopic (exact) mass is 271 g/mol.